The average molecular weight is 266 g/mol. The highest BCUT2D eigenvalue weighted by atomic mass is 16.6. The summed E-state index contributed by atoms with van der Waals surface area (Å²) in [4.78, 5) is 10.1. The van der Waals surface area contributed by atoms with Crippen molar-refractivity contribution in [2.24, 2.45) is 0 Å². The second-order valence-corrected chi connectivity index (χ2v) is 4.86. The van der Waals surface area contributed by atoms with Crippen LogP contribution >= 0.6 is 0 Å². The number of ether oxygens (including phenoxy) is 1. The molecule has 2 rings (SSSR count). The van der Waals surface area contributed by atoms with Crippen molar-refractivity contribution in [3.05, 3.63) is 39.9 Å². The number of benzene rings is 1. The Morgan fingerprint density at radius 3 is 2.53 bits per heavy atom. The first-order chi connectivity index (χ1) is 9.09. The minimum Gasteiger partial charge on any atom is -0.388 e. The SMILES string of the molecule is O=[N+]([O-])c1ccc(CNCC2(O)CCOCC2)cc1. The van der Waals surface area contributed by atoms with Crippen molar-refractivity contribution in [3.8, 4) is 0 Å². The average Bonchev–Trinajstić information content (AvgIpc) is 2.40. The van der Waals surface area contributed by atoms with Gasteiger partial charge in [0, 0.05) is 51.3 Å². The molecule has 0 atom stereocenters. The van der Waals surface area contributed by atoms with Crippen molar-refractivity contribution in [1.82, 2.24) is 5.32 Å². The van der Waals surface area contributed by atoms with Gasteiger partial charge in [-0.1, -0.05) is 12.1 Å². The van der Waals surface area contributed by atoms with Gasteiger partial charge in [0.25, 0.3) is 5.69 Å². The van der Waals surface area contributed by atoms with E-state index in [1.807, 2.05) is 0 Å². The lowest BCUT2D eigenvalue weighted by Gasteiger charge is -2.32. The molecule has 1 fully saturated rings. The second-order valence-electron chi connectivity index (χ2n) is 4.86. The number of hydrogen-bond acceptors (Lipinski definition) is 5. The van der Waals surface area contributed by atoms with Gasteiger partial charge in [-0.25, -0.2) is 0 Å². The van der Waals surface area contributed by atoms with Crippen LogP contribution in [0.1, 0.15) is 18.4 Å². The Hall–Kier alpha value is -1.50. The molecule has 6 heteroatoms. The first-order valence-corrected chi connectivity index (χ1v) is 6.33. The van der Waals surface area contributed by atoms with Crippen LogP contribution < -0.4 is 5.32 Å². The molecule has 0 spiro atoms. The van der Waals surface area contributed by atoms with E-state index in [9.17, 15) is 15.2 Å². The second kappa shape index (κ2) is 6.10. The number of nitrogens with zero attached hydrogens (tertiary/aromatic N) is 1. The molecule has 1 heterocycles. The van der Waals surface area contributed by atoms with Crippen LogP contribution in [-0.4, -0.2) is 35.4 Å². The van der Waals surface area contributed by atoms with E-state index in [0.717, 1.165) is 5.56 Å². The number of non-ortho nitro benzene ring substituents is 1. The highest BCUT2D eigenvalue weighted by molar-refractivity contribution is 5.32. The first kappa shape index (κ1) is 13.9. The Balaban J connectivity index is 1.80. The number of nitro groups is 1. The van der Waals surface area contributed by atoms with Gasteiger partial charge in [0.1, 0.15) is 0 Å². The van der Waals surface area contributed by atoms with E-state index in [4.69, 9.17) is 4.74 Å². The molecule has 104 valence electrons. The van der Waals surface area contributed by atoms with Gasteiger partial charge < -0.3 is 15.2 Å². The Morgan fingerprint density at radius 2 is 1.95 bits per heavy atom. The highest BCUT2D eigenvalue weighted by Crippen LogP contribution is 2.19. The third-order valence-electron chi connectivity index (χ3n) is 3.35. The third kappa shape index (κ3) is 3.99. The molecule has 1 aromatic rings. The lowest BCUT2D eigenvalue weighted by molar-refractivity contribution is -0.384. The van der Waals surface area contributed by atoms with E-state index < -0.39 is 10.5 Å². The normalized spacial score (nSPS) is 18.2. The van der Waals surface area contributed by atoms with Crippen LogP contribution in [0, 0.1) is 10.1 Å². The molecule has 1 saturated heterocycles. The van der Waals surface area contributed by atoms with Crippen molar-refractivity contribution in [3.63, 3.8) is 0 Å². The van der Waals surface area contributed by atoms with Gasteiger partial charge in [0.2, 0.25) is 0 Å². The predicted octanol–water partition coefficient (Wildman–Crippen LogP) is 1.23. The summed E-state index contributed by atoms with van der Waals surface area (Å²) in [6.45, 7) is 2.28. The third-order valence-corrected chi connectivity index (χ3v) is 3.35. The quantitative estimate of drug-likeness (QED) is 0.618. The number of aliphatic hydroxyl groups is 1. The van der Waals surface area contributed by atoms with Gasteiger partial charge >= 0.3 is 0 Å². The van der Waals surface area contributed by atoms with Crippen LogP contribution in [0.25, 0.3) is 0 Å². The zero-order valence-corrected chi connectivity index (χ0v) is 10.7. The monoisotopic (exact) mass is 266 g/mol. The van der Waals surface area contributed by atoms with Gasteiger partial charge in [0.15, 0.2) is 0 Å². The van der Waals surface area contributed by atoms with Crippen LogP contribution in [0.3, 0.4) is 0 Å². The molecular weight excluding hydrogens is 248 g/mol. The molecule has 0 unspecified atom stereocenters. The molecule has 0 radical (unpaired) electrons. The Kier molecular flexibility index (Phi) is 4.47. The maximum absolute atomic E-state index is 10.5. The fourth-order valence-corrected chi connectivity index (χ4v) is 2.10. The van der Waals surface area contributed by atoms with Crippen molar-refractivity contribution >= 4 is 5.69 Å². The zero-order valence-electron chi connectivity index (χ0n) is 10.7. The molecule has 6 nitrogen and oxygen atoms in total. The van der Waals surface area contributed by atoms with E-state index in [1.165, 1.54) is 12.1 Å². The minimum atomic E-state index is -0.695. The maximum atomic E-state index is 10.5. The molecule has 0 aromatic heterocycles. The standard InChI is InChI=1S/C13H18N2O4/c16-13(5-7-19-8-6-13)10-14-9-11-1-3-12(4-2-11)15(17)18/h1-4,14,16H,5-10H2. The van der Waals surface area contributed by atoms with Crippen molar-refractivity contribution in [2.45, 2.75) is 25.0 Å². The van der Waals surface area contributed by atoms with Gasteiger partial charge in [-0.15, -0.1) is 0 Å². The summed E-state index contributed by atoms with van der Waals surface area (Å²) in [5.41, 5.74) is 0.354. The number of nitro benzene ring substituents is 1. The molecular formula is C13H18N2O4. The van der Waals surface area contributed by atoms with E-state index in [-0.39, 0.29) is 5.69 Å². The Morgan fingerprint density at radius 1 is 1.32 bits per heavy atom. The molecule has 0 aliphatic carbocycles. The Labute approximate surface area is 111 Å². The van der Waals surface area contributed by atoms with Crippen molar-refractivity contribution in [2.75, 3.05) is 19.8 Å². The van der Waals surface area contributed by atoms with Gasteiger partial charge in [0.05, 0.1) is 10.5 Å². The molecule has 1 aromatic carbocycles. The molecule has 0 amide bonds. The van der Waals surface area contributed by atoms with Crippen LogP contribution in [0.15, 0.2) is 24.3 Å². The van der Waals surface area contributed by atoms with Crippen LogP contribution in [0.4, 0.5) is 5.69 Å². The highest BCUT2D eigenvalue weighted by Gasteiger charge is 2.28. The van der Waals surface area contributed by atoms with Gasteiger partial charge in [-0.3, -0.25) is 10.1 Å². The van der Waals surface area contributed by atoms with Crippen LogP contribution in [-0.2, 0) is 11.3 Å². The van der Waals surface area contributed by atoms with Gasteiger partial charge in [-0.05, 0) is 5.56 Å². The fraction of sp³-hybridized carbons (Fsp3) is 0.538. The van der Waals surface area contributed by atoms with Crippen LogP contribution in [0.2, 0.25) is 0 Å². The topological polar surface area (TPSA) is 84.6 Å². The summed E-state index contributed by atoms with van der Waals surface area (Å²) in [6.07, 6.45) is 1.28. The molecule has 2 N–H and O–H groups in total. The predicted molar refractivity (Wildman–Crippen MR) is 69.8 cm³/mol. The summed E-state index contributed by atoms with van der Waals surface area (Å²) in [5.74, 6) is 0. The summed E-state index contributed by atoms with van der Waals surface area (Å²) >= 11 is 0. The van der Waals surface area contributed by atoms with Crippen LogP contribution in [0.5, 0.6) is 0 Å². The van der Waals surface area contributed by atoms with E-state index >= 15 is 0 Å². The van der Waals surface area contributed by atoms with E-state index in [2.05, 4.69) is 5.32 Å². The van der Waals surface area contributed by atoms with Crippen molar-refractivity contribution < 1.29 is 14.8 Å². The molecule has 0 bridgehead atoms. The van der Waals surface area contributed by atoms with E-state index in [1.54, 1.807) is 12.1 Å². The minimum absolute atomic E-state index is 0.0896. The molecule has 19 heavy (non-hydrogen) atoms. The smallest absolute Gasteiger partial charge is 0.269 e. The maximum Gasteiger partial charge on any atom is 0.269 e. The first-order valence-electron chi connectivity index (χ1n) is 6.33. The van der Waals surface area contributed by atoms with Gasteiger partial charge in [-0.2, -0.15) is 0 Å². The van der Waals surface area contributed by atoms with Crippen molar-refractivity contribution in [1.29, 1.82) is 0 Å². The Bertz CT molecular complexity index is 427. The summed E-state index contributed by atoms with van der Waals surface area (Å²) in [6, 6.07) is 6.42. The lowest BCUT2D eigenvalue weighted by Crippen LogP contribution is -2.44. The lowest BCUT2D eigenvalue weighted by atomic mass is 9.94. The van der Waals surface area contributed by atoms with E-state index in [0.29, 0.717) is 39.1 Å². The summed E-state index contributed by atoms with van der Waals surface area (Å²) < 4.78 is 5.21. The molecule has 1 aliphatic rings. The molecule has 0 saturated carbocycles. The number of hydrogen-bond donors (Lipinski definition) is 2. The fourth-order valence-electron chi connectivity index (χ4n) is 2.10. The summed E-state index contributed by atoms with van der Waals surface area (Å²) in [7, 11) is 0. The zero-order chi connectivity index (χ0) is 13.7. The molecule has 1 aliphatic heterocycles. The summed E-state index contributed by atoms with van der Waals surface area (Å²) in [5, 5.41) is 23.9. The number of rotatable bonds is 5. The number of nitrogens with one attached hydrogen (secondary N) is 1. The largest absolute Gasteiger partial charge is 0.388 e.